The van der Waals surface area contributed by atoms with Crippen LogP contribution in [0.1, 0.15) is 83.0 Å². The van der Waals surface area contributed by atoms with Crippen LogP contribution in [0, 0.1) is 48.4 Å². The number of benzene rings is 1. The number of hydrogen-bond donors (Lipinski definition) is 4. The van der Waals surface area contributed by atoms with Crippen molar-refractivity contribution in [3.63, 3.8) is 0 Å². The smallest absolute Gasteiger partial charge is 0.321 e. The van der Waals surface area contributed by atoms with E-state index in [-0.39, 0.29) is 152 Å². The van der Waals surface area contributed by atoms with E-state index in [0.717, 1.165) is 0 Å². The predicted octanol–water partition coefficient (Wildman–Crippen LogP) is 3.50. The molecule has 1 aromatic carbocycles. The quantitative estimate of drug-likeness (QED) is 0.0421. The van der Waals surface area contributed by atoms with Gasteiger partial charge in [-0.15, -0.1) is 19.3 Å². The Hall–Kier alpha value is -4.82. The minimum Gasteiger partial charge on any atom is -0.435 e. The summed E-state index contributed by atoms with van der Waals surface area (Å²) >= 11 is 0. The number of para-hydroxylation sites is 1. The van der Waals surface area contributed by atoms with Crippen molar-refractivity contribution in [1.29, 1.82) is 5.26 Å². The van der Waals surface area contributed by atoms with E-state index in [2.05, 4.69) is 45.1 Å². The zero-order valence-corrected chi connectivity index (χ0v) is 40.1. The summed E-state index contributed by atoms with van der Waals surface area (Å²) in [5.74, 6) is 5.83. The number of carbonyl (C=O) groups is 4. The van der Waals surface area contributed by atoms with E-state index in [0.29, 0.717) is 39.6 Å². The Bertz CT molecular complexity index is 1590. The molecule has 1 unspecified atom stereocenters. The number of terminal acetylenes is 3. The first-order chi connectivity index (χ1) is 31.9. The van der Waals surface area contributed by atoms with E-state index in [9.17, 15) is 24.4 Å². The summed E-state index contributed by atoms with van der Waals surface area (Å²) in [4.78, 5) is 54.6. The van der Waals surface area contributed by atoms with Crippen molar-refractivity contribution in [2.75, 3.05) is 106 Å². The molecule has 1 aromatic rings. The highest BCUT2D eigenvalue weighted by Gasteiger charge is 2.36. The molecular weight excluding hydrogens is 872 g/mol. The standard InChI is InChI=1S/C47H71N6O12P/c1-8-26-58-33-36-61-30-23-49-43(54)16-19-47(20-17-44(55)50-24-31-62-37-34-59-27-9-2,21-18-45(56)51-25-32-63-38-35-60-28-10-3)52-46(57)41-14-11-12-15-42(41)65-66(64-29-13-22-48)53(39(4)5)40(6)7/h1-3,11-12,14-15,39-40H,13,16-21,23-38H2,4-7H3,(H,49,54)(H,50,55)(H,51,56)(H,52,57). The van der Waals surface area contributed by atoms with Crippen LogP contribution in [0.2, 0.25) is 0 Å². The number of ether oxygens (including phenoxy) is 6. The maximum absolute atomic E-state index is 14.6. The molecular formula is C47H71N6O12P. The van der Waals surface area contributed by atoms with Gasteiger partial charge in [-0.1, -0.05) is 29.9 Å². The first kappa shape index (κ1) is 59.2. The van der Waals surface area contributed by atoms with Crippen LogP contribution in [0.3, 0.4) is 0 Å². The molecule has 4 N–H and O–H groups in total. The molecule has 0 saturated carbocycles. The van der Waals surface area contributed by atoms with Gasteiger partial charge in [-0.2, -0.15) is 5.26 Å². The predicted molar refractivity (Wildman–Crippen MR) is 251 cm³/mol. The molecule has 0 aliphatic heterocycles. The Morgan fingerprint density at radius 3 is 1.44 bits per heavy atom. The Balaban J connectivity index is 3.43. The number of rotatable bonds is 40. The molecule has 0 radical (unpaired) electrons. The lowest BCUT2D eigenvalue weighted by atomic mass is 9.82. The number of nitrogens with zero attached hydrogens (tertiary/aromatic N) is 2. The maximum atomic E-state index is 14.6. The molecule has 366 valence electrons. The molecule has 0 aliphatic carbocycles. The minimum atomic E-state index is -1.78. The molecule has 0 aromatic heterocycles. The van der Waals surface area contributed by atoms with Crippen LogP contribution in [-0.2, 0) is 47.3 Å². The topological polar surface area (TPSA) is 217 Å². The lowest BCUT2D eigenvalue weighted by Crippen LogP contribution is -2.50. The zero-order chi connectivity index (χ0) is 48.7. The van der Waals surface area contributed by atoms with E-state index < -0.39 is 20.0 Å². The summed E-state index contributed by atoms with van der Waals surface area (Å²) in [6, 6.07) is 8.75. The molecule has 0 bridgehead atoms. The van der Waals surface area contributed by atoms with Gasteiger partial charge in [-0.05, 0) is 59.1 Å². The van der Waals surface area contributed by atoms with Gasteiger partial charge in [0.1, 0.15) is 25.6 Å². The Labute approximate surface area is 393 Å². The van der Waals surface area contributed by atoms with Crippen molar-refractivity contribution < 1.29 is 56.6 Å². The third-order valence-corrected chi connectivity index (χ3v) is 11.3. The molecule has 19 heteroatoms. The average Bonchev–Trinajstić information content (AvgIpc) is 3.29. The Morgan fingerprint density at radius 1 is 0.636 bits per heavy atom. The summed E-state index contributed by atoms with van der Waals surface area (Å²) in [7, 11) is -1.78. The van der Waals surface area contributed by atoms with Crippen molar-refractivity contribution >= 4 is 32.2 Å². The molecule has 4 amide bonds. The van der Waals surface area contributed by atoms with Crippen LogP contribution >= 0.6 is 8.53 Å². The third-order valence-electron chi connectivity index (χ3n) is 9.22. The van der Waals surface area contributed by atoms with Crippen molar-refractivity contribution in [1.82, 2.24) is 25.9 Å². The van der Waals surface area contributed by atoms with Crippen LogP contribution in [0.5, 0.6) is 5.75 Å². The molecule has 66 heavy (non-hydrogen) atoms. The lowest BCUT2D eigenvalue weighted by molar-refractivity contribution is -0.121. The fourth-order valence-corrected chi connectivity index (χ4v) is 7.75. The Kier molecular flexibility index (Phi) is 34.4. The van der Waals surface area contributed by atoms with Crippen LogP contribution in [0.15, 0.2) is 24.3 Å². The first-order valence-corrected chi connectivity index (χ1v) is 23.3. The number of nitrogens with one attached hydrogen (secondary N) is 4. The van der Waals surface area contributed by atoms with E-state index >= 15 is 0 Å². The summed E-state index contributed by atoms with van der Waals surface area (Å²) in [6.07, 6.45) is 15.7. The average molecular weight is 943 g/mol. The third kappa shape index (κ3) is 28.3. The van der Waals surface area contributed by atoms with Gasteiger partial charge in [0.15, 0.2) is 0 Å². The van der Waals surface area contributed by atoms with E-state index in [1.807, 2.05) is 32.4 Å². The summed E-state index contributed by atoms with van der Waals surface area (Å²) in [5.41, 5.74) is -1.09. The van der Waals surface area contributed by atoms with Crippen molar-refractivity contribution in [2.24, 2.45) is 0 Å². The second-order valence-electron chi connectivity index (χ2n) is 15.0. The van der Waals surface area contributed by atoms with E-state index in [4.69, 9.17) is 56.7 Å². The molecule has 0 aliphatic rings. The van der Waals surface area contributed by atoms with Crippen molar-refractivity contribution in [3.8, 4) is 48.9 Å². The molecule has 18 nitrogen and oxygen atoms in total. The van der Waals surface area contributed by atoms with E-state index in [1.165, 1.54) is 0 Å². The second-order valence-corrected chi connectivity index (χ2v) is 16.4. The largest absolute Gasteiger partial charge is 0.435 e. The number of amides is 4. The zero-order valence-electron chi connectivity index (χ0n) is 39.2. The molecule has 1 rings (SSSR count). The van der Waals surface area contributed by atoms with Gasteiger partial charge in [0.05, 0.1) is 84.1 Å². The van der Waals surface area contributed by atoms with Crippen LogP contribution in [0.4, 0.5) is 0 Å². The van der Waals surface area contributed by atoms with Gasteiger partial charge < -0.3 is 58.7 Å². The number of hydrogen-bond acceptors (Lipinski definition) is 14. The highest BCUT2D eigenvalue weighted by Crippen LogP contribution is 2.47. The summed E-state index contributed by atoms with van der Waals surface area (Å²) in [6.45, 7) is 11.8. The van der Waals surface area contributed by atoms with Gasteiger partial charge in [0.25, 0.3) is 5.91 Å². The van der Waals surface area contributed by atoms with Gasteiger partial charge in [-0.25, -0.2) is 4.67 Å². The van der Waals surface area contributed by atoms with Gasteiger partial charge >= 0.3 is 8.53 Å². The highest BCUT2D eigenvalue weighted by atomic mass is 31.2. The van der Waals surface area contributed by atoms with Crippen LogP contribution in [0.25, 0.3) is 0 Å². The monoisotopic (exact) mass is 942 g/mol. The summed E-state index contributed by atoms with van der Waals surface area (Å²) < 4.78 is 46.8. The van der Waals surface area contributed by atoms with Gasteiger partial charge in [0, 0.05) is 56.5 Å². The SMILES string of the molecule is C#CCOCCOCCNC(=O)CCC(CCC(=O)NCCOCCOCC#C)(CCC(=O)NCCOCCOCC#C)NC(=O)c1ccccc1OP(OCCC#N)N(C(C)C)C(C)C. The number of nitriles is 1. The fraction of sp³-hybridized carbons (Fsp3) is 0.638. The van der Waals surface area contributed by atoms with Crippen LogP contribution in [-0.4, -0.2) is 151 Å². The van der Waals surface area contributed by atoms with Gasteiger partial charge in [0.2, 0.25) is 17.7 Å². The Morgan fingerprint density at radius 2 is 1.05 bits per heavy atom. The van der Waals surface area contributed by atoms with Crippen molar-refractivity contribution in [3.05, 3.63) is 29.8 Å². The number of carbonyl (C=O) groups excluding carboxylic acids is 4. The molecule has 0 spiro atoms. The molecule has 1 atom stereocenters. The minimum absolute atomic E-state index is 0.00587. The van der Waals surface area contributed by atoms with E-state index in [1.54, 1.807) is 24.3 Å². The summed E-state index contributed by atoms with van der Waals surface area (Å²) in [5, 5.41) is 20.9. The fourth-order valence-electron chi connectivity index (χ4n) is 6.14. The first-order valence-electron chi connectivity index (χ1n) is 22.2. The van der Waals surface area contributed by atoms with Crippen molar-refractivity contribution in [2.45, 2.75) is 90.3 Å². The van der Waals surface area contributed by atoms with Crippen LogP contribution < -0.4 is 25.8 Å². The molecule has 0 fully saturated rings. The maximum Gasteiger partial charge on any atom is 0.321 e. The normalized spacial score (nSPS) is 11.6. The lowest BCUT2D eigenvalue weighted by Gasteiger charge is -2.36. The molecule has 0 saturated heterocycles. The second kappa shape index (κ2) is 38.3. The molecule has 0 heterocycles. The van der Waals surface area contributed by atoms with Gasteiger partial charge in [-0.3, -0.25) is 19.2 Å². The highest BCUT2D eigenvalue weighted by molar-refractivity contribution is 7.45.